The molecule has 164 valence electrons. The molecule has 1 aromatic carbocycles. The molecule has 3 rings (SSSR count). The van der Waals surface area contributed by atoms with E-state index in [1.165, 1.54) is 0 Å². The number of piperidine rings is 1. The first-order chi connectivity index (χ1) is 14.3. The number of carbonyl (C=O) groups is 3. The number of aliphatic carboxylic acids is 1. The molecule has 1 aromatic rings. The molecule has 0 radical (unpaired) electrons. The number of nitrogens with zero attached hydrogens (tertiary/aromatic N) is 3. The Bertz CT molecular complexity index is 739. The molecular weight excluding hydrogens is 390 g/mol. The Balaban J connectivity index is 1.73. The van der Waals surface area contributed by atoms with Crippen LogP contribution in [0.15, 0.2) is 30.3 Å². The number of carbonyl (C=O) groups excluding carboxylic acids is 1. The number of carboxylic acids is 1. The van der Waals surface area contributed by atoms with Crippen molar-refractivity contribution in [1.82, 2.24) is 9.80 Å². The lowest BCUT2D eigenvalue weighted by atomic mass is 9.86. The molecule has 2 saturated heterocycles. The smallest absolute Gasteiger partial charge is 0.408 e. The van der Waals surface area contributed by atoms with Gasteiger partial charge in [-0.05, 0) is 32.4 Å². The minimum atomic E-state index is -1.31. The number of para-hydroxylation sites is 1. The molecule has 2 amide bonds. The van der Waals surface area contributed by atoms with E-state index in [1.807, 2.05) is 44.2 Å². The van der Waals surface area contributed by atoms with Crippen molar-refractivity contribution in [2.24, 2.45) is 5.92 Å². The summed E-state index contributed by atoms with van der Waals surface area (Å²) in [7, 11) is 0. The second-order valence-electron chi connectivity index (χ2n) is 8.01. The van der Waals surface area contributed by atoms with E-state index in [2.05, 4.69) is 4.90 Å². The Labute approximate surface area is 175 Å². The van der Waals surface area contributed by atoms with Crippen LogP contribution in [0.1, 0.15) is 20.3 Å². The summed E-state index contributed by atoms with van der Waals surface area (Å²) in [6.45, 7) is 5.64. The highest BCUT2D eigenvalue weighted by molar-refractivity contribution is 5.91. The van der Waals surface area contributed by atoms with E-state index < -0.39 is 36.0 Å². The average molecular weight is 419 g/mol. The summed E-state index contributed by atoms with van der Waals surface area (Å²) in [5.74, 6) is -2.77. The molecule has 0 saturated carbocycles. The predicted octanol–water partition coefficient (Wildman–Crippen LogP) is 1.58. The van der Waals surface area contributed by atoms with Crippen LogP contribution in [0.2, 0.25) is 0 Å². The van der Waals surface area contributed by atoms with E-state index >= 15 is 0 Å². The van der Waals surface area contributed by atoms with Crippen molar-refractivity contribution >= 4 is 23.7 Å². The summed E-state index contributed by atoms with van der Waals surface area (Å²) in [6, 6.07) is 8.60. The highest BCUT2D eigenvalue weighted by Gasteiger charge is 2.48. The van der Waals surface area contributed by atoms with Crippen LogP contribution in [0.4, 0.5) is 10.5 Å². The van der Waals surface area contributed by atoms with Gasteiger partial charge in [-0.25, -0.2) is 4.79 Å². The van der Waals surface area contributed by atoms with Gasteiger partial charge in [0.05, 0.1) is 24.7 Å². The van der Waals surface area contributed by atoms with Crippen molar-refractivity contribution in [3.8, 4) is 0 Å². The maximum Gasteiger partial charge on any atom is 0.408 e. The maximum absolute atomic E-state index is 13.3. The summed E-state index contributed by atoms with van der Waals surface area (Å²) in [5.41, 5.74) is 1.06. The quantitative estimate of drug-likeness (QED) is 0.745. The number of hydrogen-bond acceptors (Lipinski definition) is 5. The summed E-state index contributed by atoms with van der Waals surface area (Å²) < 4.78 is 5.69. The van der Waals surface area contributed by atoms with Crippen molar-refractivity contribution in [3.63, 3.8) is 0 Å². The van der Waals surface area contributed by atoms with Crippen LogP contribution in [0.3, 0.4) is 0 Å². The summed E-state index contributed by atoms with van der Waals surface area (Å²) in [5, 5.41) is 19.4. The molecule has 30 heavy (non-hydrogen) atoms. The summed E-state index contributed by atoms with van der Waals surface area (Å²) >= 11 is 0. The van der Waals surface area contributed by atoms with Gasteiger partial charge in [-0.3, -0.25) is 14.5 Å². The first-order valence-corrected chi connectivity index (χ1v) is 10.2. The van der Waals surface area contributed by atoms with Gasteiger partial charge < -0.3 is 24.7 Å². The third-order valence-electron chi connectivity index (χ3n) is 5.63. The standard InChI is InChI=1S/C21H29N3O6/c1-14(2)30-16-12-17(20(26)27)18(24(13-16)21(28)29)19(25)23-10-8-22(9-11-23)15-6-4-3-5-7-15/h3-7,14,16-18H,8-13H2,1-2H3,(H,26,27)(H,28,29)/t16-,17-,18-/m0/s1. The molecular formula is C21H29N3O6. The molecule has 9 nitrogen and oxygen atoms in total. The minimum absolute atomic E-state index is 0.0162. The molecule has 0 unspecified atom stereocenters. The van der Waals surface area contributed by atoms with Crippen LogP contribution in [0.5, 0.6) is 0 Å². The van der Waals surface area contributed by atoms with Gasteiger partial charge in [0.2, 0.25) is 5.91 Å². The highest BCUT2D eigenvalue weighted by atomic mass is 16.5. The molecule has 0 aliphatic carbocycles. The van der Waals surface area contributed by atoms with Gasteiger partial charge in [0.15, 0.2) is 0 Å². The molecule has 2 aliphatic rings. The van der Waals surface area contributed by atoms with Gasteiger partial charge in [0.1, 0.15) is 6.04 Å². The van der Waals surface area contributed by atoms with Crippen LogP contribution >= 0.6 is 0 Å². The normalized spacial score (nSPS) is 24.8. The third-order valence-corrected chi connectivity index (χ3v) is 5.63. The number of rotatable bonds is 5. The first kappa shape index (κ1) is 21.9. The number of piperazine rings is 1. The van der Waals surface area contributed by atoms with Crippen molar-refractivity contribution in [2.75, 3.05) is 37.6 Å². The minimum Gasteiger partial charge on any atom is -0.481 e. The number of amides is 2. The lowest BCUT2D eigenvalue weighted by molar-refractivity contribution is -0.159. The molecule has 0 bridgehead atoms. The van der Waals surface area contributed by atoms with Crippen LogP contribution in [0, 0.1) is 5.92 Å². The Morgan fingerprint density at radius 3 is 2.20 bits per heavy atom. The molecule has 2 aliphatic heterocycles. The highest BCUT2D eigenvalue weighted by Crippen LogP contribution is 2.29. The van der Waals surface area contributed by atoms with E-state index in [1.54, 1.807) is 4.90 Å². The van der Waals surface area contributed by atoms with E-state index in [4.69, 9.17) is 4.74 Å². The lowest BCUT2D eigenvalue weighted by Gasteiger charge is -2.44. The molecule has 0 aromatic heterocycles. The number of ether oxygens (including phenoxy) is 1. The Morgan fingerprint density at radius 2 is 1.67 bits per heavy atom. The lowest BCUT2D eigenvalue weighted by Crippen LogP contribution is -2.63. The molecule has 2 fully saturated rings. The van der Waals surface area contributed by atoms with E-state index in [-0.39, 0.29) is 19.1 Å². The van der Waals surface area contributed by atoms with Gasteiger partial charge in [0.25, 0.3) is 0 Å². The fourth-order valence-electron chi connectivity index (χ4n) is 4.27. The van der Waals surface area contributed by atoms with Gasteiger partial charge >= 0.3 is 12.1 Å². The van der Waals surface area contributed by atoms with E-state index in [0.717, 1.165) is 10.6 Å². The van der Waals surface area contributed by atoms with Gasteiger partial charge in [0, 0.05) is 31.9 Å². The van der Waals surface area contributed by atoms with Gasteiger partial charge in [-0.2, -0.15) is 0 Å². The van der Waals surface area contributed by atoms with Crippen LogP contribution in [-0.2, 0) is 14.3 Å². The first-order valence-electron chi connectivity index (χ1n) is 10.2. The van der Waals surface area contributed by atoms with Crippen molar-refractivity contribution in [1.29, 1.82) is 0 Å². The largest absolute Gasteiger partial charge is 0.481 e. The van der Waals surface area contributed by atoms with Gasteiger partial charge in [-0.15, -0.1) is 0 Å². The predicted molar refractivity (Wildman–Crippen MR) is 110 cm³/mol. The zero-order valence-electron chi connectivity index (χ0n) is 17.3. The van der Waals surface area contributed by atoms with Crippen LogP contribution < -0.4 is 4.90 Å². The maximum atomic E-state index is 13.3. The number of anilines is 1. The Morgan fingerprint density at radius 1 is 1.03 bits per heavy atom. The van der Waals surface area contributed by atoms with E-state index in [0.29, 0.717) is 26.2 Å². The third kappa shape index (κ3) is 4.84. The zero-order valence-corrected chi connectivity index (χ0v) is 17.3. The van der Waals surface area contributed by atoms with Crippen LogP contribution in [-0.4, -0.2) is 89.0 Å². The van der Waals surface area contributed by atoms with Crippen molar-refractivity contribution in [3.05, 3.63) is 30.3 Å². The topological polar surface area (TPSA) is 111 Å². The number of likely N-dealkylation sites (tertiary alicyclic amines) is 1. The van der Waals surface area contributed by atoms with Crippen LogP contribution in [0.25, 0.3) is 0 Å². The molecule has 3 atom stereocenters. The fraction of sp³-hybridized carbons (Fsp3) is 0.571. The van der Waals surface area contributed by atoms with E-state index in [9.17, 15) is 24.6 Å². The number of benzene rings is 1. The fourth-order valence-corrected chi connectivity index (χ4v) is 4.27. The molecule has 2 N–H and O–H groups in total. The number of hydrogen-bond donors (Lipinski definition) is 2. The number of carboxylic acid groups (broad SMARTS) is 2. The second-order valence-corrected chi connectivity index (χ2v) is 8.01. The monoisotopic (exact) mass is 419 g/mol. The molecule has 0 spiro atoms. The van der Waals surface area contributed by atoms with Crippen molar-refractivity contribution < 1.29 is 29.3 Å². The summed E-state index contributed by atoms with van der Waals surface area (Å²) in [6.07, 6.45) is -1.92. The van der Waals surface area contributed by atoms with Gasteiger partial charge in [-0.1, -0.05) is 18.2 Å². The zero-order chi connectivity index (χ0) is 21.8. The SMILES string of the molecule is CC(C)O[C@H]1C[C@H](C(=O)O)[C@@H](C(=O)N2CCN(c3ccccc3)CC2)N(C(=O)O)C1. The summed E-state index contributed by atoms with van der Waals surface area (Å²) in [4.78, 5) is 41.8. The average Bonchev–Trinajstić information content (AvgIpc) is 2.73. The molecule has 2 heterocycles. The second kappa shape index (κ2) is 9.34. The Kier molecular flexibility index (Phi) is 6.81. The Hall–Kier alpha value is -2.81. The molecule has 9 heteroatoms. The van der Waals surface area contributed by atoms with Crippen molar-refractivity contribution in [2.45, 2.75) is 38.5 Å².